The largest absolute Gasteiger partial charge is 1.00 e. The molecule has 0 aliphatic heterocycles. The number of ether oxygens (including phenoxy) is 2. The summed E-state index contributed by atoms with van der Waals surface area (Å²) in [6.07, 6.45) is 39.9. The van der Waals surface area contributed by atoms with E-state index in [0.717, 1.165) is 51.4 Å². The van der Waals surface area contributed by atoms with E-state index in [-0.39, 0.29) is 73.1 Å². The summed E-state index contributed by atoms with van der Waals surface area (Å²) in [7, 11) is 8.00. The second-order valence-electron chi connectivity index (χ2n) is 17.9. The molecule has 0 aliphatic rings. The van der Waals surface area contributed by atoms with E-state index in [1.165, 1.54) is 116 Å². The number of hydrogen-bond donors (Lipinski definition) is 2. The smallest absolute Gasteiger partial charge is 0.306 e. The van der Waals surface area contributed by atoms with Gasteiger partial charge >= 0.3 is 11.9 Å². The number of carbonyl (C=O) groups excluding carboxylic acids is 2. The van der Waals surface area contributed by atoms with Gasteiger partial charge in [0.05, 0.1) is 41.4 Å². The molecule has 0 aromatic rings. The zero-order valence-electron chi connectivity index (χ0n) is 38.7. The molecule has 0 amide bonds. The number of aliphatic hydroxyl groups is 2. The van der Waals surface area contributed by atoms with Crippen molar-refractivity contribution in [3.63, 3.8) is 0 Å². The second kappa shape index (κ2) is 43.4. The van der Waals surface area contributed by atoms with E-state index in [4.69, 9.17) is 9.47 Å². The van der Waals surface area contributed by atoms with Gasteiger partial charge < -0.3 is 76.6 Å². The van der Waals surface area contributed by atoms with Crippen LogP contribution >= 0.6 is 0 Å². The lowest BCUT2D eigenvalue weighted by Gasteiger charge is -2.38. The minimum absolute atomic E-state index is 0. The van der Waals surface area contributed by atoms with Gasteiger partial charge in [-0.1, -0.05) is 141 Å². The van der Waals surface area contributed by atoms with E-state index in [1.54, 1.807) is 0 Å². The molecule has 58 heavy (non-hydrogen) atoms. The first-order valence-electron chi connectivity index (χ1n) is 23.5. The van der Waals surface area contributed by atoms with Crippen molar-refractivity contribution in [2.45, 2.75) is 206 Å². The Morgan fingerprint density at radius 3 is 0.983 bits per heavy atom. The molecule has 2 atom stereocenters. The quantitative estimate of drug-likeness (QED) is 0.0294. The van der Waals surface area contributed by atoms with Crippen LogP contribution in [0.5, 0.6) is 0 Å². The van der Waals surface area contributed by atoms with Crippen LogP contribution in [0.1, 0.15) is 194 Å². The number of carbonyl (C=O) groups is 2. The van der Waals surface area contributed by atoms with E-state index in [9.17, 15) is 19.8 Å². The summed E-state index contributed by atoms with van der Waals surface area (Å²) in [6.45, 7) is 6.36. The number of quaternary nitrogens is 2. The molecular formula is C48H94I2N2O6. The molecule has 0 radical (unpaired) electrons. The normalized spacial score (nSPS) is 13.0. The average Bonchev–Trinajstić information content (AvgIpc) is 3.14. The Bertz CT molecular complexity index is 902. The van der Waals surface area contributed by atoms with Gasteiger partial charge in [0.15, 0.2) is 12.2 Å². The van der Waals surface area contributed by atoms with Gasteiger partial charge in [-0.3, -0.25) is 9.59 Å². The standard InChI is InChI=1S/C48H94N2O6.2HI/c1-7-9-11-13-15-17-19-21-23-25-27-29-31-33-35-37-47(53)55-45(43-49(3,4)39-41-51)46(44-50(5,6)40-42-52)56-48(54)38-36-34-32-30-28-26-24-22-20-18-16-14-12-10-8-2;;/h21-24,45-46,51-52H,7-20,25-44H2,1-6H3;2*1H/q+2;;/p-2/b23-21-,24-22-;;. The van der Waals surface area contributed by atoms with E-state index >= 15 is 0 Å². The number of nitrogens with zero attached hydrogens (tertiary/aromatic N) is 2. The summed E-state index contributed by atoms with van der Waals surface area (Å²) in [4.78, 5) is 26.5. The molecule has 0 aliphatic carbocycles. The fraction of sp³-hybridized carbons (Fsp3) is 0.875. The fourth-order valence-corrected chi connectivity index (χ4v) is 7.30. The highest BCUT2D eigenvalue weighted by atomic mass is 127. The van der Waals surface area contributed by atoms with Crippen LogP contribution in [0.15, 0.2) is 24.3 Å². The van der Waals surface area contributed by atoms with E-state index in [2.05, 4.69) is 38.2 Å². The number of halogens is 2. The fourth-order valence-electron chi connectivity index (χ4n) is 7.30. The first kappa shape index (κ1) is 62.0. The average molecular weight is 1050 g/mol. The van der Waals surface area contributed by atoms with Crippen molar-refractivity contribution in [1.29, 1.82) is 0 Å². The predicted octanol–water partition coefficient (Wildman–Crippen LogP) is 5.03. The second-order valence-corrected chi connectivity index (χ2v) is 17.9. The zero-order chi connectivity index (χ0) is 41.6. The Labute approximate surface area is 393 Å². The van der Waals surface area contributed by atoms with Gasteiger partial charge in [0, 0.05) is 12.8 Å². The van der Waals surface area contributed by atoms with Crippen molar-refractivity contribution in [3.05, 3.63) is 24.3 Å². The molecule has 0 bridgehead atoms. The summed E-state index contributed by atoms with van der Waals surface area (Å²) in [6, 6.07) is 0. The maximum absolute atomic E-state index is 13.3. The van der Waals surface area contributed by atoms with Crippen molar-refractivity contribution in [1.82, 2.24) is 0 Å². The first-order chi connectivity index (χ1) is 27.0. The Kier molecular flexibility index (Phi) is 46.4. The molecule has 2 unspecified atom stereocenters. The number of esters is 2. The summed E-state index contributed by atoms with van der Waals surface area (Å²) < 4.78 is 13.2. The lowest BCUT2D eigenvalue weighted by Crippen LogP contribution is -3.00. The van der Waals surface area contributed by atoms with Crippen LogP contribution in [-0.2, 0) is 19.1 Å². The SMILES string of the molecule is CCCCCCCC/C=C\CCCCCCCC(=O)OC(C[N+](C)(C)CCO)C(C[N+](C)(C)CCO)OC(=O)CCCCCCC/C=C\CCCCCCCC.[I-].[I-]. The third kappa shape index (κ3) is 41.1. The van der Waals surface area contributed by atoms with Gasteiger partial charge in [-0.25, -0.2) is 0 Å². The van der Waals surface area contributed by atoms with Crippen LogP contribution in [0.2, 0.25) is 0 Å². The van der Waals surface area contributed by atoms with Crippen LogP contribution < -0.4 is 48.0 Å². The maximum Gasteiger partial charge on any atom is 0.306 e. The van der Waals surface area contributed by atoms with E-state index in [1.807, 2.05) is 28.2 Å². The van der Waals surface area contributed by atoms with Crippen molar-refractivity contribution >= 4 is 11.9 Å². The van der Waals surface area contributed by atoms with Gasteiger partial charge in [-0.05, 0) is 64.2 Å². The number of rotatable bonds is 41. The number of hydrogen-bond acceptors (Lipinski definition) is 6. The Balaban J connectivity index is -0.0000151. The summed E-state index contributed by atoms with van der Waals surface area (Å²) in [5.74, 6) is -0.523. The summed E-state index contributed by atoms with van der Waals surface area (Å²) >= 11 is 0. The lowest BCUT2D eigenvalue weighted by molar-refractivity contribution is -0.901. The van der Waals surface area contributed by atoms with Crippen molar-refractivity contribution in [2.24, 2.45) is 0 Å². The highest BCUT2D eigenvalue weighted by molar-refractivity contribution is 5.70. The maximum atomic E-state index is 13.3. The van der Waals surface area contributed by atoms with Gasteiger partial charge in [-0.2, -0.15) is 0 Å². The van der Waals surface area contributed by atoms with Crippen molar-refractivity contribution in [2.75, 3.05) is 67.6 Å². The van der Waals surface area contributed by atoms with Crippen molar-refractivity contribution in [3.8, 4) is 0 Å². The molecule has 0 rings (SSSR count). The lowest BCUT2D eigenvalue weighted by atomic mass is 10.1. The molecule has 10 heteroatoms. The van der Waals surface area contributed by atoms with Gasteiger partial charge in [0.2, 0.25) is 0 Å². The molecule has 0 fully saturated rings. The third-order valence-corrected chi connectivity index (χ3v) is 11.0. The number of aliphatic hydroxyl groups excluding tert-OH is 2. The Hall–Kier alpha value is -0.280. The predicted molar refractivity (Wildman–Crippen MR) is 237 cm³/mol. The molecule has 0 spiro atoms. The highest BCUT2D eigenvalue weighted by Crippen LogP contribution is 2.19. The molecule has 0 saturated carbocycles. The highest BCUT2D eigenvalue weighted by Gasteiger charge is 2.38. The van der Waals surface area contributed by atoms with Crippen LogP contribution in [0, 0.1) is 0 Å². The van der Waals surface area contributed by atoms with Gasteiger partial charge in [-0.15, -0.1) is 0 Å². The monoisotopic (exact) mass is 1050 g/mol. The minimum atomic E-state index is -0.652. The third-order valence-electron chi connectivity index (χ3n) is 11.0. The molecule has 8 nitrogen and oxygen atoms in total. The van der Waals surface area contributed by atoms with Crippen LogP contribution in [0.4, 0.5) is 0 Å². The first-order valence-corrected chi connectivity index (χ1v) is 23.5. The molecule has 2 N–H and O–H groups in total. The number of allylic oxidation sites excluding steroid dienone is 4. The molecular weight excluding hydrogens is 954 g/mol. The van der Waals surface area contributed by atoms with Crippen LogP contribution in [0.25, 0.3) is 0 Å². The Morgan fingerprint density at radius 1 is 0.448 bits per heavy atom. The molecule has 0 aromatic heterocycles. The minimum Gasteiger partial charge on any atom is -1.00 e. The molecule has 346 valence electrons. The topological polar surface area (TPSA) is 93.1 Å². The van der Waals surface area contributed by atoms with Crippen molar-refractivity contribution < 1.29 is 86.2 Å². The van der Waals surface area contributed by atoms with E-state index < -0.39 is 12.2 Å². The van der Waals surface area contributed by atoms with E-state index in [0.29, 0.717) is 48.0 Å². The summed E-state index contributed by atoms with van der Waals surface area (Å²) in [5.41, 5.74) is 0. The molecule has 0 saturated heterocycles. The zero-order valence-corrected chi connectivity index (χ0v) is 43.0. The van der Waals surface area contributed by atoms with Crippen LogP contribution in [-0.4, -0.2) is 111 Å². The number of unbranched alkanes of at least 4 members (excludes halogenated alkanes) is 22. The summed E-state index contributed by atoms with van der Waals surface area (Å²) in [5, 5.41) is 19.5. The van der Waals surface area contributed by atoms with Crippen LogP contribution in [0.3, 0.4) is 0 Å². The molecule has 0 aromatic carbocycles. The Morgan fingerprint density at radius 2 is 0.707 bits per heavy atom. The molecule has 0 heterocycles. The number of likely N-dealkylation sites (N-methyl/N-ethyl adjacent to an activating group) is 2. The van der Waals surface area contributed by atoms with Gasteiger partial charge in [0.1, 0.15) is 26.2 Å². The van der Waals surface area contributed by atoms with Gasteiger partial charge in [0.25, 0.3) is 0 Å².